The van der Waals surface area contributed by atoms with Crippen LogP contribution in [0.4, 0.5) is 11.5 Å². The van der Waals surface area contributed by atoms with Gasteiger partial charge in [-0.25, -0.2) is 4.68 Å². The maximum Gasteiger partial charge on any atom is 0.261 e. The van der Waals surface area contributed by atoms with E-state index in [0.717, 1.165) is 34.7 Å². The second kappa shape index (κ2) is 9.27. The van der Waals surface area contributed by atoms with Gasteiger partial charge in [-0.05, 0) is 53.5 Å². The maximum atomic E-state index is 13.2. The van der Waals surface area contributed by atoms with E-state index in [1.54, 1.807) is 13.3 Å². The molecule has 0 spiro atoms. The molecule has 2 heterocycles. The number of hydrogen-bond acceptors (Lipinski definition) is 4. The zero-order chi connectivity index (χ0) is 23.5. The molecule has 1 aliphatic rings. The van der Waals surface area contributed by atoms with Crippen molar-refractivity contribution in [3.8, 4) is 5.75 Å². The number of nitrogens with zero attached hydrogens (tertiary/aromatic N) is 2. The normalized spacial score (nSPS) is 14.5. The number of para-hydroxylation sites is 1. The van der Waals surface area contributed by atoms with Crippen LogP contribution in [0.1, 0.15) is 40.0 Å². The number of aryl methyl sites for hydroxylation is 1. The van der Waals surface area contributed by atoms with Gasteiger partial charge in [0, 0.05) is 11.4 Å². The van der Waals surface area contributed by atoms with Gasteiger partial charge in [-0.2, -0.15) is 5.10 Å². The topological polar surface area (TPSA) is 68.2 Å². The average molecular weight is 451 g/mol. The van der Waals surface area contributed by atoms with Crippen LogP contribution in [-0.4, -0.2) is 22.8 Å². The molecule has 0 aliphatic carbocycles. The molecule has 170 valence electrons. The molecule has 3 aromatic carbocycles. The zero-order valence-corrected chi connectivity index (χ0v) is 19.2. The number of allylic oxidation sites excluding steroid dienone is 1. The van der Waals surface area contributed by atoms with Gasteiger partial charge in [0.1, 0.15) is 17.1 Å². The molecule has 0 saturated heterocycles. The van der Waals surface area contributed by atoms with E-state index in [9.17, 15) is 4.79 Å². The Hall–Kier alpha value is -4.32. The third-order valence-corrected chi connectivity index (χ3v) is 6.04. The van der Waals surface area contributed by atoms with Crippen LogP contribution in [-0.2, 0) is 6.42 Å². The molecule has 2 N–H and O–H groups in total. The largest absolute Gasteiger partial charge is 0.497 e. The number of rotatable bonds is 6. The van der Waals surface area contributed by atoms with E-state index in [2.05, 4.69) is 53.0 Å². The van der Waals surface area contributed by atoms with Crippen LogP contribution in [0.2, 0.25) is 0 Å². The monoisotopic (exact) mass is 450 g/mol. The fourth-order valence-electron chi connectivity index (χ4n) is 4.11. The molecular weight excluding hydrogens is 424 g/mol. The highest BCUT2D eigenvalue weighted by Gasteiger charge is 2.28. The van der Waals surface area contributed by atoms with Crippen LogP contribution < -0.4 is 15.4 Å². The minimum Gasteiger partial charge on any atom is -0.497 e. The first-order valence-corrected chi connectivity index (χ1v) is 11.3. The van der Waals surface area contributed by atoms with Gasteiger partial charge in [0.15, 0.2) is 0 Å². The Labute approximate surface area is 198 Å². The van der Waals surface area contributed by atoms with Gasteiger partial charge in [0.05, 0.1) is 19.3 Å². The Morgan fingerprint density at radius 1 is 1.03 bits per heavy atom. The lowest BCUT2D eigenvalue weighted by Gasteiger charge is -2.26. The van der Waals surface area contributed by atoms with Crippen molar-refractivity contribution in [1.29, 1.82) is 0 Å². The molecule has 0 saturated carbocycles. The Balaban J connectivity index is 1.55. The number of benzene rings is 3. The van der Waals surface area contributed by atoms with Crippen molar-refractivity contribution in [3.63, 3.8) is 0 Å². The van der Waals surface area contributed by atoms with Gasteiger partial charge < -0.3 is 15.4 Å². The number of aromatic nitrogens is 2. The minimum atomic E-state index is -0.212. The van der Waals surface area contributed by atoms with E-state index >= 15 is 0 Å². The fourth-order valence-corrected chi connectivity index (χ4v) is 4.11. The molecular formula is C28H26N4O2. The molecule has 1 aliphatic heterocycles. The van der Waals surface area contributed by atoms with Gasteiger partial charge in [0.25, 0.3) is 5.91 Å². The van der Waals surface area contributed by atoms with Gasteiger partial charge >= 0.3 is 0 Å². The molecule has 0 fully saturated rings. The fraction of sp³-hybridized carbons (Fsp3) is 0.143. The first-order chi connectivity index (χ1) is 16.7. The highest BCUT2D eigenvalue weighted by Crippen LogP contribution is 2.36. The molecule has 1 unspecified atom stereocenters. The van der Waals surface area contributed by atoms with E-state index in [-0.39, 0.29) is 11.9 Å². The van der Waals surface area contributed by atoms with E-state index in [1.807, 2.05) is 59.3 Å². The number of fused-ring (bicyclic) bond motifs is 1. The lowest BCUT2D eigenvalue weighted by Crippen LogP contribution is -2.22. The summed E-state index contributed by atoms with van der Waals surface area (Å²) in [5.74, 6) is 1.24. The van der Waals surface area contributed by atoms with Crippen LogP contribution in [0, 0.1) is 0 Å². The lowest BCUT2D eigenvalue weighted by atomic mass is 10.00. The van der Waals surface area contributed by atoms with Crippen molar-refractivity contribution < 1.29 is 9.53 Å². The number of anilines is 2. The molecule has 1 aromatic heterocycles. The minimum absolute atomic E-state index is 0.179. The summed E-state index contributed by atoms with van der Waals surface area (Å²) in [4.78, 5) is 13.2. The number of ether oxygens (including phenoxy) is 1. The summed E-state index contributed by atoms with van der Waals surface area (Å²) in [7, 11) is 1.65. The van der Waals surface area contributed by atoms with Gasteiger partial charge in [-0.3, -0.25) is 4.79 Å². The molecule has 5 rings (SSSR count). The third-order valence-electron chi connectivity index (χ3n) is 6.04. The van der Waals surface area contributed by atoms with Gasteiger partial charge in [-0.1, -0.05) is 61.5 Å². The number of nitrogens with one attached hydrogen (secondary N) is 2. The second-order valence-corrected chi connectivity index (χ2v) is 8.15. The number of carbonyl (C=O) groups excluding carboxylic acids is 1. The summed E-state index contributed by atoms with van der Waals surface area (Å²) in [6.07, 6.45) is 4.74. The Morgan fingerprint density at radius 2 is 1.76 bits per heavy atom. The summed E-state index contributed by atoms with van der Waals surface area (Å²) >= 11 is 0. The zero-order valence-electron chi connectivity index (χ0n) is 19.2. The number of methoxy groups -OCH3 is 1. The summed E-state index contributed by atoms with van der Waals surface area (Å²) in [5.41, 5.74) is 5.53. The predicted octanol–water partition coefficient (Wildman–Crippen LogP) is 5.76. The average Bonchev–Trinajstić information content (AvgIpc) is 3.33. The Morgan fingerprint density at radius 3 is 2.44 bits per heavy atom. The van der Waals surface area contributed by atoms with Crippen molar-refractivity contribution >= 4 is 23.1 Å². The smallest absolute Gasteiger partial charge is 0.261 e. The van der Waals surface area contributed by atoms with Crippen LogP contribution >= 0.6 is 0 Å². The maximum absolute atomic E-state index is 13.2. The van der Waals surface area contributed by atoms with Crippen LogP contribution in [0.3, 0.4) is 0 Å². The third kappa shape index (κ3) is 4.18. The molecule has 0 radical (unpaired) electrons. The number of amides is 1. The van der Waals surface area contributed by atoms with E-state index in [4.69, 9.17) is 4.74 Å². The highest BCUT2D eigenvalue weighted by atomic mass is 16.5. The summed E-state index contributed by atoms with van der Waals surface area (Å²) in [5, 5.41) is 11.0. The summed E-state index contributed by atoms with van der Waals surface area (Å²) in [6.45, 7) is 2.14. The molecule has 6 heteroatoms. The molecule has 6 nitrogen and oxygen atoms in total. The van der Waals surface area contributed by atoms with Crippen LogP contribution in [0.15, 0.2) is 91.1 Å². The lowest BCUT2D eigenvalue weighted by molar-refractivity contribution is 0.102. The quantitative estimate of drug-likeness (QED) is 0.392. The molecule has 4 aromatic rings. The van der Waals surface area contributed by atoms with E-state index < -0.39 is 0 Å². The van der Waals surface area contributed by atoms with Crippen molar-refractivity contribution in [2.45, 2.75) is 19.4 Å². The van der Waals surface area contributed by atoms with E-state index in [1.165, 1.54) is 5.56 Å². The van der Waals surface area contributed by atoms with Crippen LogP contribution in [0.5, 0.6) is 5.75 Å². The van der Waals surface area contributed by atoms with E-state index in [0.29, 0.717) is 11.4 Å². The molecule has 1 amide bonds. The molecule has 0 bridgehead atoms. The van der Waals surface area contributed by atoms with Crippen molar-refractivity contribution in [1.82, 2.24) is 9.78 Å². The first kappa shape index (κ1) is 21.5. The Bertz CT molecular complexity index is 1320. The first-order valence-electron chi connectivity index (χ1n) is 11.3. The van der Waals surface area contributed by atoms with Gasteiger partial charge in [-0.15, -0.1) is 0 Å². The standard InChI is InChI=1S/C28H26N4O2/c1-3-19-9-11-20(12-10-19)25-17-26(21-13-15-23(34-2)16-14-21)32-27(31-25)24(18-29-32)28(33)30-22-7-5-4-6-8-22/h4-18,26,31H,3H2,1-2H3,(H,30,33). The van der Waals surface area contributed by atoms with Gasteiger partial charge in [0.2, 0.25) is 0 Å². The second-order valence-electron chi connectivity index (χ2n) is 8.15. The highest BCUT2D eigenvalue weighted by molar-refractivity contribution is 6.08. The van der Waals surface area contributed by atoms with Crippen molar-refractivity contribution in [2.24, 2.45) is 0 Å². The van der Waals surface area contributed by atoms with Crippen LogP contribution in [0.25, 0.3) is 5.70 Å². The summed E-state index contributed by atoms with van der Waals surface area (Å²) < 4.78 is 7.18. The van der Waals surface area contributed by atoms with Crippen molar-refractivity contribution in [3.05, 3.63) is 113 Å². The SMILES string of the molecule is CCc1ccc(C2=CC(c3ccc(OC)cc3)n3ncc(C(=O)Nc4ccccc4)c3N2)cc1. The van der Waals surface area contributed by atoms with Crippen molar-refractivity contribution in [2.75, 3.05) is 17.7 Å². The Kier molecular flexibility index (Phi) is 5.87. The summed E-state index contributed by atoms with van der Waals surface area (Å²) in [6, 6.07) is 25.7. The number of hydrogen-bond donors (Lipinski definition) is 2. The molecule has 1 atom stereocenters. The predicted molar refractivity (Wildman–Crippen MR) is 135 cm³/mol. The molecule has 34 heavy (non-hydrogen) atoms. The number of carbonyl (C=O) groups is 1.